The van der Waals surface area contributed by atoms with Gasteiger partial charge >= 0.3 is 0 Å². The first-order chi connectivity index (χ1) is 9.47. The molecular weight excluding hydrogens is 340 g/mol. The van der Waals surface area contributed by atoms with Crippen LogP contribution in [-0.4, -0.2) is 7.11 Å². The van der Waals surface area contributed by atoms with Crippen LogP contribution in [0.5, 0.6) is 5.75 Å². The van der Waals surface area contributed by atoms with E-state index in [0.29, 0.717) is 5.56 Å². The van der Waals surface area contributed by atoms with E-state index in [9.17, 15) is 17.6 Å². The third kappa shape index (κ3) is 2.65. The maximum Gasteiger partial charge on any atom is 0.137 e. The van der Waals surface area contributed by atoms with E-state index >= 15 is 0 Å². The maximum absolute atomic E-state index is 13.9. The highest BCUT2D eigenvalue weighted by Crippen LogP contribution is 2.34. The van der Waals surface area contributed by atoms with Crippen LogP contribution in [0, 0.1) is 23.3 Å². The Balaban J connectivity index is 2.69. The van der Waals surface area contributed by atoms with E-state index in [2.05, 4.69) is 15.9 Å². The summed E-state index contributed by atoms with van der Waals surface area (Å²) >= 11 is 3.06. The minimum Gasteiger partial charge on any atom is -0.497 e. The molecule has 0 N–H and O–H groups in total. The molecule has 0 aliphatic carbocycles. The van der Waals surface area contributed by atoms with Gasteiger partial charge in [-0.05, 0) is 17.7 Å². The third-order valence-electron chi connectivity index (χ3n) is 2.76. The Labute approximate surface area is 121 Å². The number of ether oxygens (including phenoxy) is 1. The monoisotopic (exact) mass is 348 g/mol. The normalized spacial score (nSPS) is 10.7. The molecule has 106 valence electrons. The first-order valence-corrected chi connectivity index (χ1v) is 6.67. The van der Waals surface area contributed by atoms with E-state index < -0.39 is 34.4 Å². The SMILES string of the molecule is COc1cc(F)c(-c2c(F)cc(CBr)cc2F)c(F)c1. The number of benzene rings is 2. The van der Waals surface area contributed by atoms with Crippen molar-refractivity contribution >= 4 is 15.9 Å². The lowest BCUT2D eigenvalue weighted by Gasteiger charge is -2.11. The molecule has 0 heterocycles. The van der Waals surface area contributed by atoms with Crippen LogP contribution in [-0.2, 0) is 5.33 Å². The number of rotatable bonds is 3. The van der Waals surface area contributed by atoms with Crippen LogP contribution in [0.25, 0.3) is 11.1 Å². The Morgan fingerprint density at radius 3 is 1.60 bits per heavy atom. The molecule has 2 aromatic rings. The first kappa shape index (κ1) is 14.8. The largest absolute Gasteiger partial charge is 0.497 e. The van der Waals surface area contributed by atoms with Gasteiger partial charge in [0.25, 0.3) is 0 Å². The highest BCUT2D eigenvalue weighted by atomic mass is 79.9. The summed E-state index contributed by atoms with van der Waals surface area (Å²) in [6.45, 7) is 0. The van der Waals surface area contributed by atoms with E-state index in [-0.39, 0.29) is 11.1 Å². The number of hydrogen-bond acceptors (Lipinski definition) is 1. The number of hydrogen-bond donors (Lipinski definition) is 0. The molecule has 20 heavy (non-hydrogen) atoms. The van der Waals surface area contributed by atoms with Crippen molar-refractivity contribution in [2.24, 2.45) is 0 Å². The average Bonchev–Trinajstić information content (AvgIpc) is 2.40. The lowest BCUT2D eigenvalue weighted by molar-refractivity contribution is 0.407. The molecule has 6 heteroatoms. The van der Waals surface area contributed by atoms with Gasteiger partial charge in [-0.25, -0.2) is 17.6 Å². The average molecular weight is 349 g/mol. The van der Waals surface area contributed by atoms with Crippen LogP contribution in [0.3, 0.4) is 0 Å². The van der Waals surface area contributed by atoms with Crippen molar-refractivity contribution < 1.29 is 22.3 Å². The van der Waals surface area contributed by atoms with Crippen molar-refractivity contribution in [3.63, 3.8) is 0 Å². The zero-order valence-corrected chi connectivity index (χ0v) is 11.9. The number of halogens is 5. The van der Waals surface area contributed by atoms with Crippen molar-refractivity contribution in [3.8, 4) is 16.9 Å². The molecule has 0 radical (unpaired) electrons. The summed E-state index contributed by atoms with van der Waals surface area (Å²) in [7, 11) is 1.24. The fraction of sp³-hybridized carbons (Fsp3) is 0.143. The summed E-state index contributed by atoms with van der Waals surface area (Å²) in [5.74, 6) is -4.30. The van der Waals surface area contributed by atoms with Crippen molar-refractivity contribution in [1.82, 2.24) is 0 Å². The molecule has 0 aliphatic rings. The number of alkyl halides is 1. The highest BCUT2D eigenvalue weighted by Gasteiger charge is 2.21. The van der Waals surface area contributed by atoms with Crippen molar-refractivity contribution in [2.45, 2.75) is 5.33 Å². The molecule has 0 aromatic heterocycles. The molecule has 0 aliphatic heterocycles. The molecule has 0 bridgehead atoms. The van der Waals surface area contributed by atoms with E-state index in [1.807, 2.05) is 0 Å². The molecule has 0 atom stereocenters. The molecule has 1 nitrogen and oxygen atoms in total. The molecule has 0 unspecified atom stereocenters. The van der Waals surface area contributed by atoms with Gasteiger partial charge in [-0.15, -0.1) is 0 Å². The summed E-state index contributed by atoms with van der Waals surface area (Å²) < 4.78 is 60.2. The van der Waals surface area contributed by atoms with E-state index in [1.54, 1.807) is 0 Å². The fourth-order valence-corrected chi connectivity index (χ4v) is 2.17. The van der Waals surface area contributed by atoms with Gasteiger partial charge in [-0.3, -0.25) is 0 Å². The molecule has 2 aromatic carbocycles. The van der Waals surface area contributed by atoms with Gasteiger partial charge < -0.3 is 4.74 Å². The lowest BCUT2D eigenvalue weighted by atomic mass is 10.0. The van der Waals surface area contributed by atoms with Crippen LogP contribution >= 0.6 is 15.9 Å². The first-order valence-electron chi connectivity index (χ1n) is 5.55. The van der Waals surface area contributed by atoms with Crippen LogP contribution in [0.15, 0.2) is 24.3 Å². The Bertz CT molecular complexity index is 554. The predicted molar refractivity (Wildman–Crippen MR) is 70.9 cm³/mol. The van der Waals surface area contributed by atoms with Crippen LogP contribution in [0.4, 0.5) is 17.6 Å². The molecule has 0 saturated heterocycles. The Hall–Kier alpha value is -1.56. The Morgan fingerprint density at radius 1 is 0.850 bits per heavy atom. The second kappa shape index (κ2) is 5.83. The van der Waals surface area contributed by atoms with Crippen molar-refractivity contribution in [2.75, 3.05) is 7.11 Å². The second-order valence-corrected chi connectivity index (χ2v) is 4.59. The minimum absolute atomic E-state index is 0.0679. The fourth-order valence-electron chi connectivity index (χ4n) is 1.85. The smallest absolute Gasteiger partial charge is 0.137 e. The highest BCUT2D eigenvalue weighted by molar-refractivity contribution is 9.08. The van der Waals surface area contributed by atoms with Gasteiger partial charge in [0.05, 0.1) is 18.2 Å². The third-order valence-corrected chi connectivity index (χ3v) is 3.41. The zero-order valence-electron chi connectivity index (χ0n) is 10.3. The standard InChI is InChI=1S/C14H9BrF4O/c1-20-8-4-11(18)14(12(19)5-8)13-9(16)2-7(6-15)3-10(13)17/h2-5H,6H2,1H3. The number of methoxy groups -OCH3 is 1. The van der Waals surface area contributed by atoms with E-state index in [1.165, 1.54) is 7.11 Å². The van der Waals surface area contributed by atoms with E-state index in [4.69, 9.17) is 4.74 Å². The van der Waals surface area contributed by atoms with Crippen LogP contribution in [0.2, 0.25) is 0 Å². The van der Waals surface area contributed by atoms with Gasteiger partial charge in [-0.2, -0.15) is 0 Å². The Morgan fingerprint density at radius 2 is 1.25 bits per heavy atom. The summed E-state index contributed by atoms with van der Waals surface area (Å²) in [5.41, 5.74) is -1.15. The molecule has 0 spiro atoms. The van der Waals surface area contributed by atoms with Gasteiger partial charge in [-0.1, -0.05) is 15.9 Å². The molecule has 0 amide bonds. The topological polar surface area (TPSA) is 9.23 Å². The minimum atomic E-state index is -1.09. The Kier molecular flexibility index (Phi) is 4.32. The van der Waals surface area contributed by atoms with Gasteiger partial charge in [0.2, 0.25) is 0 Å². The lowest BCUT2D eigenvalue weighted by Crippen LogP contribution is -1.99. The summed E-state index contributed by atoms with van der Waals surface area (Å²) in [5, 5.41) is 0.231. The quantitative estimate of drug-likeness (QED) is 0.571. The van der Waals surface area contributed by atoms with Gasteiger partial charge in [0.15, 0.2) is 0 Å². The van der Waals surface area contributed by atoms with Gasteiger partial charge in [0, 0.05) is 17.5 Å². The maximum atomic E-state index is 13.9. The molecular formula is C14H9BrF4O. The predicted octanol–water partition coefficient (Wildman–Crippen LogP) is 4.81. The van der Waals surface area contributed by atoms with Crippen molar-refractivity contribution in [3.05, 3.63) is 53.1 Å². The van der Waals surface area contributed by atoms with Crippen molar-refractivity contribution in [1.29, 1.82) is 0 Å². The summed E-state index contributed by atoms with van der Waals surface area (Å²) in [6, 6.07) is 3.79. The molecule has 0 fully saturated rings. The van der Waals surface area contributed by atoms with Crippen LogP contribution < -0.4 is 4.74 Å². The van der Waals surface area contributed by atoms with Crippen LogP contribution in [0.1, 0.15) is 5.56 Å². The summed E-state index contributed by atoms with van der Waals surface area (Å²) in [6.07, 6.45) is 0. The van der Waals surface area contributed by atoms with E-state index in [0.717, 1.165) is 24.3 Å². The van der Waals surface area contributed by atoms with Gasteiger partial charge in [0.1, 0.15) is 29.0 Å². The molecule has 0 saturated carbocycles. The zero-order chi connectivity index (χ0) is 14.9. The summed E-state index contributed by atoms with van der Waals surface area (Å²) in [4.78, 5) is 0. The molecule has 2 rings (SSSR count). The second-order valence-electron chi connectivity index (χ2n) is 4.03.